The lowest BCUT2D eigenvalue weighted by molar-refractivity contribution is -0.147. The number of rotatable bonds is 3. The van der Waals surface area contributed by atoms with Gasteiger partial charge in [0.15, 0.2) is 0 Å². The van der Waals surface area contributed by atoms with Crippen LogP contribution >= 0.6 is 0 Å². The predicted octanol–water partition coefficient (Wildman–Crippen LogP) is 3.22. The Morgan fingerprint density at radius 1 is 1.33 bits per heavy atom. The summed E-state index contributed by atoms with van der Waals surface area (Å²) in [6, 6.07) is 4.17. The summed E-state index contributed by atoms with van der Waals surface area (Å²) in [5, 5.41) is 15.8. The first kappa shape index (κ1) is 18.7. The van der Waals surface area contributed by atoms with E-state index in [1.165, 1.54) is 34.1 Å². The lowest BCUT2D eigenvalue weighted by atomic mass is 9.90. The molecule has 2 heterocycles. The molecule has 1 fully saturated rings. The van der Waals surface area contributed by atoms with E-state index in [1.807, 2.05) is 0 Å². The Hall–Kier alpha value is -3.04. The molecule has 144 valence electrons. The van der Waals surface area contributed by atoms with Gasteiger partial charge in [0, 0.05) is 13.1 Å². The van der Waals surface area contributed by atoms with Crippen LogP contribution < -0.4 is 5.32 Å². The maximum Gasteiger partial charge on any atom is 0.416 e. The number of carbonyl (C=O) groups is 2. The third kappa shape index (κ3) is 3.88. The lowest BCUT2D eigenvalue weighted by Crippen LogP contribution is -2.37. The summed E-state index contributed by atoms with van der Waals surface area (Å²) < 4.78 is 39.7. The molecule has 10 heteroatoms. The SMILES string of the molecule is CC1(C(=O)O)CCN(C(=O)Nc2cnn(-c3cccc(C(F)(F)F)c3)c2)C1. The van der Waals surface area contributed by atoms with E-state index in [2.05, 4.69) is 10.4 Å². The molecule has 1 unspecified atom stereocenters. The van der Waals surface area contributed by atoms with Crippen LogP contribution in [0.4, 0.5) is 23.7 Å². The largest absolute Gasteiger partial charge is 0.481 e. The second-order valence-corrected chi connectivity index (χ2v) is 6.69. The third-order valence-electron chi connectivity index (χ3n) is 4.55. The molecule has 0 spiro atoms. The number of anilines is 1. The van der Waals surface area contributed by atoms with E-state index in [0.29, 0.717) is 18.7 Å². The number of amides is 2. The van der Waals surface area contributed by atoms with E-state index in [4.69, 9.17) is 0 Å². The topological polar surface area (TPSA) is 87.5 Å². The van der Waals surface area contributed by atoms with Gasteiger partial charge in [0.1, 0.15) is 0 Å². The van der Waals surface area contributed by atoms with Crippen molar-refractivity contribution in [3.8, 4) is 5.69 Å². The Labute approximate surface area is 152 Å². The highest BCUT2D eigenvalue weighted by molar-refractivity contribution is 5.90. The van der Waals surface area contributed by atoms with Crippen molar-refractivity contribution in [3.05, 3.63) is 42.2 Å². The number of nitrogens with one attached hydrogen (secondary N) is 1. The number of carbonyl (C=O) groups excluding carboxylic acids is 1. The molecule has 1 aliphatic heterocycles. The summed E-state index contributed by atoms with van der Waals surface area (Å²) in [4.78, 5) is 24.9. The average Bonchev–Trinajstić information content (AvgIpc) is 3.22. The molecule has 0 bridgehead atoms. The van der Waals surface area contributed by atoms with Crippen molar-refractivity contribution in [3.63, 3.8) is 0 Å². The van der Waals surface area contributed by atoms with Crippen molar-refractivity contribution in [1.82, 2.24) is 14.7 Å². The molecule has 0 saturated carbocycles. The van der Waals surface area contributed by atoms with Crippen LogP contribution in [-0.4, -0.2) is 44.9 Å². The number of aliphatic carboxylic acids is 1. The Bertz CT molecular complexity index is 880. The zero-order valence-electron chi connectivity index (χ0n) is 14.3. The van der Waals surface area contributed by atoms with Gasteiger partial charge in [-0.1, -0.05) is 6.07 Å². The number of alkyl halides is 3. The van der Waals surface area contributed by atoms with Gasteiger partial charge in [0.05, 0.1) is 34.7 Å². The summed E-state index contributed by atoms with van der Waals surface area (Å²) >= 11 is 0. The number of likely N-dealkylation sites (tertiary alicyclic amines) is 1. The molecular weight excluding hydrogens is 365 g/mol. The van der Waals surface area contributed by atoms with E-state index in [-0.39, 0.29) is 12.2 Å². The number of aromatic nitrogens is 2. The number of hydrogen-bond donors (Lipinski definition) is 2. The number of nitrogens with zero attached hydrogens (tertiary/aromatic N) is 3. The molecule has 1 saturated heterocycles. The van der Waals surface area contributed by atoms with Crippen molar-refractivity contribution >= 4 is 17.7 Å². The fourth-order valence-electron chi connectivity index (χ4n) is 2.86. The van der Waals surface area contributed by atoms with Crippen molar-refractivity contribution in [2.45, 2.75) is 19.5 Å². The van der Waals surface area contributed by atoms with Crippen LogP contribution in [0.15, 0.2) is 36.7 Å². The van der Waals surface area contributed by atoms with Crippen LogP contribution in [0.3, 0.4) is 0 Å². The van der Waals surface area contributed by atoms with E-state index in [0.717, 1.165) is 12.1 Å². The quantitative estimate of drug-likeness (QED) is 0.853. The highest BCUT2D eigenvalue weighted by Crippen LogP contribution is 2.31. The molecule has 7 nitrogen and oxygen atoms in total. The summed E-state index contributed by atoms with van der Waals surface area (Å²) in [6.45, 7) is 1.96. The van der Waals surface area contributed by atoms with Gasteiger partial charge in [-0.25, -0.2) is 9.48 Å². The fraction of sp³-hybridized carbons (Fsp3) is 0.353. The number of carboxylic acids is 1. The smallest absolute Gasteiger partial charge is 0.416 e. The Morgan fingerprint density at radius 2 is 2.07 bits per heavy atom. The Balaban J connectivity index is 1.70. The van der Waals surface area contributed by atoms with E-state index < -0.39 is 29.2 Å². The maximum atomic E-state index is 12.8. The number of urea groups is 1. The van der Waals surface area contributed by atoms with E-state index in [9.17, 15) is 27.9 Å². The van der Waals surface area contributed by atoms with Gasteiger partial charge in [-0.15, -0.1) is 0 Å². The average molecular weight is 382 g/mol. The molecule has 3 rings (SSSR count). The first-order chi connectivity index (χ1) is 12.6. The summed E-state index contributed by atoms with van der Waals surface area (Å²) in [5.41, 5.74) is -1.29. The molecule has 1 aromatic heterocycles. The third-order valence-corrected chi connectivity index (χ3v) is 4.55. The predicted molar refractivity (Wildman–Crippen MR) is 89.5 cm³/mol. The van der Waals surface area contributed by atoms with Crippen LogP contribution in [-0.2, 0) is 11.0 Å². The molecule has 2 amide bonds. The van der Waals surface area contributed by atoms with Gasteiger partial charge in [0.25, 0.3) is 0 Å². The molecule has 1 atom stereocenters. The summed E-state index contributed by atoms with van der Waals surface area (Å²) in [7, 11) is 0. The molecule has 0 radical (unpaired) electrons. The fourth-order valence-corrected chi connectivity index (χ4v) is 2.86. The van der Waals surface area contributed by atoms with Gasteiger partial charge >= 0.3 is 18.2 Å². The monoisotopic (exact) mass is 382 g/mol. The van der Waals surface area contributed by atoms with Crippen molar-refractivity contribution in [2.24, 2.45) is 5.41 Å². The van der Waals surface area contributed by atoms with Crippen molar-refractivity contribution in [1.29, 1.82) is 0 Å². The Morgan fingerprint density at radius 3 is 2.70 bits per heavy atom. The Kier molecular flexibility index (Phi) is 4.58. The molecular formula is C17H17F3N4O3. The molecule has 0 aliphatic carbocycles. The van der Waals surface area contributed by atoms with E-state index in [1.54, 1.807) is 6.92 Å². The molecule has 27 heavy (non-hydrogen) atoms. The molecule has 2 N–H and O–H groups in total. The zero-order valence-corrected chi connectivity index (χ0v) is 14.3. The molecule has 2 aromatic rings. The minimum Gasteiger partial charge on any atom is -0.481 e. The maximum absolute atomic E-state index is 12.8. The minimum atomic E-state index is -4.47. The highest BCUT2D eigenvalue weighted by Gasteiger charge is 2.42. The van der Waals surface area contributed by atoms with Crippen LogP contribution in [0.1, 0.15) is 18.9 Å². The standard InChI is InChI=1S/C17H17F3N4O3/c1-16(14(25)26)5-6-23(10-16)15(27)22-12-8-21-24(9-12)13-4-2-3-11(7-13)17(18,19)20/h2-4,7-9H,5-6,10H2,1H3,(H,22,27)(H,25,26). The van der Waals surface area contributed by atoms with Gasteiger partial charge in [0.2, 0.25) is 0 Å². The second kappa shape index (κ2) is 6.60. The van der Waals surface area contributed by atoms with Gasteiger partial charge in [-0.3, -0.25) is 4.79 Å². The van der Waals surface area contributed by atoms with Gasteiger partial charge < -0.3 is 15.3 Å². The van der Waals surface area contributed by atoms with Crippen molar-refractivity contribution < 1.29 is 27.9 Å². The van der Waals surface area contributed by atoms with E-state index >= 15 is 0 Å². The summed E-state index contributed by atoms with van der Waals surface area (Å²) in [5.74, 6) is -0.963. The normalized spacial score (nSPS) is 19.9. The van der Waals surface area contributed by atoms with Crippen LogP contribution in [0.5, 0.6) is 0 Å². The number of benzene rings is 1. The van der Waals surface area contributed by atoms with Crippen LogP contribution in [0.25, 0.3) is 5.69 Å². The lowest BCUT2D eigenvalue weighted by Gasteiger charge is -2.20. The highest BCUT2D eigenvalue weighted by atomic mass is 19.4. The van der Waals surface area contributed by atoms with Crippen LogP contribution in [0, 0.1) is 5.41 Å². The van der Waals surface area contributed by atoms with Crippen LogP contribution in [0.2, 0.25) is 0 Å². The van der Waals surface area contributed by atoms with Gasteiger partial charge in [-0.05, 0) is 31.5 Å². The zero-order chi connectivity index (χ0) is 19.8. The summed E-state index contributed by atoms with van der Waals surface area (Å²) in [6.07, 6.45) is -1.42. The number of halogens is 3. The second-order valence-electron chi connectivity index (χ2n) is 6.69. The number of hydrogen-bond acceptors (Lipinski definition) is 3. The molecule has 1 aliphatic rings. The van der Waals surface area contributed by atoms with Gasteiger partial charge in [-0.2, -0.15) is 18.3 Å². The van der Waals surface area contributed by atoms with Crippen molar-refractivity contribution in [2.75, 3.05) is 18.4 Å². The minimum absolute atomic E-state index is 0.0793. The first-order valence-corrected chi connectivity index (χ1v) is 8.10. The molecule has 1 aromatic carbocycles. The first-order valence-electron chi connectivity index (χ1n) is 8.10. The number of carboxylic acid groups (broad SMARTS) is 1.